The lowest BCUT2D eigenvalue weighted by molar-refractivity contribution is -0.142. The zero-order valence-electron chi connectivity index (χ0n) is 15.9. The standard InChI is InChI=1S/C21H23N3O3/c1-6-20(26)27-13(2)14-7-10-19(25)18(11-14)24-22-16-9-8-15(21(3,4)5)12-17(16)23-24/h6-13,25H,1H2,2-5H3. The first-order chi connectivity index (χ1) is 12.7. The number of phenolic OH excluding ortho intramolecular Hbond substituents is 1. The molecule has 1 N–H and O–H groups in total. The number of aromatic nitrogens is 3. The highest BCUT2D eigenvalue weighted by molar-refractivity contribution is 5.81. The van der Waals surface area contributed by atoms with Crippen molar-refractivity contribution in [3.05, 3.63) is 60.2 Å². The van der Waals surface area contributed by atoms with Crippen LogP contribution in [-0.4, -0.2) is 26.1 Å². The van der Waals surface area contributed by atoms with E-state index in [2.05, 4.69) is 37.5 Å². The summed E-state index contributed by atoms with van der Waals surface area (Å²) in [6.45, 7) is 11.6. The SMILES string of the molecule is C=CC(=O)OC(C)c1ccc(O)c(-n2nc3ccc(C(C)(C)C)cc3n2)c1. The summed E-state index contributed by atoms with van der Waals surface area (Å²) in [6.07, 6.45) is 0.624. The Morgan fingerprint density at radius 3 is 2.56 bits per heavy atom. The van der Waals surface area contributed by atoms with E-state index >= 15 is 0 Å². The van der Waals surface area contributed by atoms with Gasteiger partial charge in [0.2, 0.25) is 0 Å². The summed E-state index contributed by atoms with van der Waals surface area (Å²) in [6, 6.07) is 10.9. The van der Waals surface area contributed by atoms with Crippen LogP contribution in [0.15, 0.2) is 49.1 Å². The Kier molecular flexibility index (Phi) is 4.74. The van der Waals surface area contributed by atoms with Crippen LogP contribution in [-0.2, 0) is 14.9 Å². The fraction of sp³-hybridized carbons (Fsp3) is 0.286. The van der Waals surface area contributed by atoms with Gasteiger partial charge in [-0.15, -0.1) is 15.0 Å². The lowest BCUT2D eigenvalue weighted by atomic mass is 9.87. The van der Waals surface area contributed by atoms with E-state index in [1.165, 1.54) is 10.9 Å². The summed E-state index contributed by atoms with van der Waals surface area (Å²) in [4.78, 5) is 12.8. The molecule has 0 aliphatic rings. The average molecular weight is 365 g/mol. The summed E-state index contributed by atoms with van der Waals surface area (Å²) in [5.41, 5.74) is 3.78. The molecular weight excluding hydrogens is 342 g/mol. The Bertz CT molecular complexity index is 1020. The Hall–Kier alpha value is -3.15. The summed E-state index contributed by atoms with van der Waals surface area (Å²) in [5, 5.41) is 19.3. The van der Waals surface area contributed by atoms with Crippen LogP contribution in [0.2, 0.25) is 0 Å². The molecule has 0 spiro atoms. The van der Waals surface area contributed by atoms with Crippen molar-refractivity contribution >= 4 is 17.0 Å². The zero-order valence-corrected chi connectivity index (χ0v) is 15.9. The summed E-state index contributed by atoms with van der Waals surface area (Å²) >= 11 is 0. The molecule has 3 rings (SSSR count). The number of benzene rings is 2. The second-order valence-corrected chi connectivity index (χ2v) is 7.47. The predicted molar refractivity (Wildman–Crippen MR) is 104 cm³/mol. The van der Waals surface area contributed by atoms with Gasteiger partial charge >= 0.3 is 5.97 Å². The topological polar surface area (TPSA) is 77.2 Å². The molecule has 0 saturated heterocycles. The number of phenols is 1. The van der Waals surface area contributed by atoms with Gasteiger partial charge < -0.3 is 9.84 Å². The third-order valence-corrected chi connectivity index (χ3v) is 4.39. The fourth-order valence-electron chi connectivity index (χ4n) is 2.73. The van der Waals surface area contributed by atoms with E-state index in [1.54, 1.807) is 19.1 Å². The van der Waals surface area contributed by atoms with Crippen molar-refractivity contribution in [3.63, 3.8) is 0 Å². The first-order valence-electron chi connectivity index (χ1n) is 8.73. The molecule has 0 amide bonds. The number of esters is 1. The van der Waals surface area contributed by atoms with Crippen molar-refractivity contribution in [3.8, 4) is 11.4 Å². The van der Waals surface area contributed by atoms with Gasteiger partial charge in [-0.3, -0.25) is 0 Å². The Labute approximate surface area is 158 Å². The van der Waals surface area contributed by atoms with E-state index in [-0.39, 0.29) is 11.2 Å². The molecule has 2 aromatic carbocycles. The average Bonchev–Trinajstić information content (AvgIpc) is 3.04. The highest BCUT2D eigenvalue weighted by Crippen LogP contribution is 2.29. The third-order valence-electron chi connectivity index (χ3n) is 4.39. The van der Waals surface area contributed by atoms with Crippen molar-refractivity contribution in [2.45, 2.75) is 39.2 Å². The van der Waals surface area contributed by atoms with Gasteiger partial charge in [0.25, 0.3) is 0 Å². The van der Waals surface area contributed by atoms with Crippen LogP contribution < -0.4 is 0 Å². The van der Waals surface area contributed by atoms with E-state index in [4.69, 9.17) is 4.74 Å². The van der Waals surface area contributed by atoms with Crippen LogP contribution in [0, 0.1) is 0 Å². The predicted octanol–water partition coefficient (Wildman–Crippen LogP) is 4.21. The Balaban J connectivity index is 2.01. The summed E-state index contributed by atoms with van der Waals surface area (Å²) in [5.74, 6) is -0.466. The number of hydrogen-bond acceptors (Lipinski definition) is 5. The molecule has 6 heteroatoms. The molecule has 27 heavy (non-hydrogen) atoms. The first-order valence-corrected chi connectivity index (χ1v) is 8.73. The first kappa shape index (κ1) is 18.6. The van der Waals surface area contributed by atoms with Crippen molar-refractivity contribution in [1.82, 2.24) is 15.0 Å². The molecule has 0 saturated carbocycles. The molecular formula is C21H23N3O3. The Morgan fingerprint density at radius 2 is 1.89 bits per heavy atom. The lowest BCUT2D eigenvalue weighted by Gasteiger charge is -2.18. The van der Waals surface area contributed by atoms with E-state index in [1.807, 2.05) is 18.2 Å². The number of fused-ring (bicyclic) bond motifs is 1. The van der Waals surface area contributed by atoms with Crippen LogP contribution >= 0.6 is 0 Å². The fourth-order valence-corrected chi connectivity index (χ4v) is 2.73. The monoisotopic (exact) mass is 365 g/mol. The lowest BCUT2D eigenvalue weighted by Crippen LogP contribution is -2.10. The van der Waals surface area contributed by atoms with Crippen LogP contribution in [0.25, 0.3) is 16.7 Å². The molecule has 0 bridgehead atoms. The second kappa shape index (κ2) is 6.87. The minimum absolute atomic E-state index is 0.00445. The molecule has 1 aromatic heterocycles. The molecule has 0 aliphatic carbocycles. The maximum Gasteiger partial charge on any atom is 0.330 e. The minimum Gasteiger partial charge on any atom is -0.506 e. The van der Waals surface area contributed by atoms with Crippen LogP contribution in [0.1, 0.15) is 44.9 Å². The Morgan fingerprint density at radius 1 is 1.19 bits per heavy atom. The molecule has 1 unspecified atom stereocenters. The third kappa shape index (κ3) is 3.84. The van der Waals surface area contributed by atoms with Crippen LogP contribution in [0.4, 0.5) is 0 Å². The normalized spacial score (nSPS) is 12.7. The number of rotatable bonds is 4. The van der Waals surface area contributed by atoms with Gasteiger partial charge in [-0.2, -0.15) is 0 Å². The van der Waals surface area contributed by atoms with Crippen LogP contribution in [0.5, 0.6) is 5.75 Å². The van der Waals surface area contributed by atoms with Gasteiger partial charge in [-0.05, 0) is 47.7 Å². The van der Waals surface area contributed by atoms with Gasteiger partial charge in [0.05, 0.1) is 0 Å². The molecule has 3 aromatic rings. The second-order valence-electron chi connectivity index (χ2n) is 7.47. The minimum atomic E-state index is -0.505. The number of hydrogen-bond donors (Lipinski definition) is 1. The number of aromatic hydroxyl groups is 1. The smallest absolute Gasteiger partial charge is 0.330 e. The highest BCUT2D eigenvalue weighted by atomic mass is 16.5. The van der Waals surface area contributed by atoms with Gasteiger partial charge in [-0.1, -0.05) is 39.5 Å². The zero-order chi connectivity index (χ0) is 19.8. The number of carbonyl (C=O) groups excluding carboxylic acids is 1. The van der Waals surface area contributed by atoms with Crippen LogP contribution in [0.3, 0.4) is 0 Å². The van der Waals surface area contributed by atoms with E-state index in [9.17, 15) is 9.90 Å². The van der Waals surface area contributed by atoms with E-state index in [0.717, 1.165) is 28.2 Å². The molecule has 140 valence electrons. The molecule has 0 aliphatic heterocycles. The quantitative estimate of drug-likeness (QED) is 0.553. The van der Waals surface area contributed by atoms with Crippen molar-refractivity contribution in [2.24, 2.45) is 0 Å². The van der Waals surface area contributed by atoms with Gasteiger partial charge in [0, 0.05) is 6.08 Å². The number of nitrogens with zero attached hydrogens (tertiary/aromatic N) is 3. The summed E-state index contributed by atoms with van der Waals surface area (Å²) < 4.78 is 5.24. The van der Waals surface area contributed by atoms with Crippen molar-refractivity contribution in [2.75, 3.05) is 0 Å². The van der Waals surface area contributed by atoms with Gasteiger partial charge in [0.15, 0.2) is 0 Å². The van der Waals surface area contributed by atoms with E-state index in [0.29, 0.717) is 5.69 Å². The maximum atomic E-state index is 11.4. The van der Waals surface area contributed by atoms with Crippen molar-refractivity contribution < 1.29 is 14.6 Å². The largest absolute Gasteiger partial charge is 0.506 e. The van der Waals surface area contributed by atoms with Gasteiger partial charge in [-0.25, -0.2) is 4.79 Å². The molecule has 6 nitrogen and oxygen atoms in total. The van der Waals surface area contributed by atoms with Gasteiger partial charge in [0.1, 0.15) is 28.6 Å². The molecule has 0 radical (unpaired) electrons. The molecule has 1 heterocycles. The maximum absolute atomic E-state index is 11.4. The molecule has 1 atom stereocenters. The van der Waals surface area contributed by atoms with Crippen molar-refractivity contribution in [1.29, 1.82) is 0 Å². The number of ether oxygens (including phenoxy) is 1. The van der Waals surface area contributed by atoms with E-state index < -0.39 is 12.1 Å². The number of carbonyl (C=O) groups is 1. The summed E-state index contributed by atoms with van der Waals surface area (Å²) in [7, 11) is 0. The highest BCUT2D eigenvalue weighted by Gasteiger charge is 2.17. The molecule has 0 fully saturated rings.